The average molecular weight is 352 g/mol. The van der Waals surface area contributed by atoms with Crippen LogP contribution >= 0.6 is 0 Å². The summed E-state index contributed by atoms with van der Waals surface area (Å²) in [6, 6.07) is 0. The van der Waals surface area contributed by atoms with Gasteiger partial charge in [-0.15, -0.1) is 0 Å². The summed E-state index contributed by atoms with van der Waals surface area (Å²) >= 11 is 0. The molecule has 0 unspecified atom stereocenters. The van der Waals surface area contributed by atoms with Crippen molar-refractivity contribution in [1.82, 2.24) is 15.3 Å². The number of rotatable bonds is 5. The van der Waals surface area contributed by atoms with E-state index in [-0.39, 0.29) is 11.1 Å². The van der Waals surface area contributed by atoms with Crippen LogP contribution < -0.4 is 21.7 Å². The topological polar surface area (TPSA) is 114 Å². The standard InChI is InChI=1S/C17H32N6O2/c1-15(2,3)22-13-19-9-11(18)12(21-13)20-10-17(7,8)25-14(24)23-16(4,5)6/h9H,10,18H2,1-8H3,(H,23,24)(H2,19,20,21,22). The van der Waals surface area contributed by atoms with Gasteiger partial charge in [-0.1, -0.05) is 0 Å². The maximum atomic E-state index is 11.9. The Morgan fingerprint density at radius 3 is 2.24 bits per heavy atom. The maximum Gasteiger partial charge on any atom is 0.408 e. The van der Waals surface area contributed by atoms with Crippen LogP contribution in [0.15, 0.2) is 6.20 Å². The average Bonchev–Trinajstić information content (AvgIpc) is 2.34. The zero-order valence-corrected chi connectivity index (χ0v) is 16.6. The van der Waals surface area contributed by atoms with Gasteiger partial charge in [-0.05, 0) is 55.4 Å². The molecule has 142 valence electrons. The van der Waals surface area contributed by atoms with Crippen LogP contribution in [0.1, 0.15) is 55.4 Å². The smallest absolute Gasteiger partial charge is 0.408 e. The SMILES string of the molecule is CC(C)(C)NC(=O)OC(C)(C)CNc1nc(NC(C)(C)C)ncc1N. The van der Waals surface area contributed by atoms with Gasteiger partial charge in [0.25, 0.3) is 0 Å². The lowest BCUT2D eigenvalue weighted by Crippen LogP contribution is -2.46. The molecule has 1 amide bonds. The number of nitrogens with zero attached hydrogens (tertiary/aromatic N) is 2. The molecule has 1 aromatic rings. The van der Waals surface area contributed by atoms with Gasteiger partial charge in [-0.2, -0.15) is 4.98 Å². The number of carbonyl (C=O) groups excluding carboxylic acids is 1. The molecule has 1 heterocycles. The van der Waals surface area contributed by atoms with Crippen molar-refractivity contribution in [2.75, 3.05) is 22.9 Å². The van der Waals surface area contributed by atoms with Gasteiger partial charge in [-0.25, -0.2) is 9.78 Å². The number of aromatic nitrogens is 2. The number of alkyl carbamates (subject to hydrolysis) is 1. The molecule has 1 rings (SSSR count). The van der Waals surface area contributed by atoms with Crippen LogP contribution in [0.2, 0.25) is 0 Å². The largest absolute Gasteiger partial charge is 0.442 e. The Kier molecular flexibility index (Phi) is 6.09. The summed E-state index contributed by atoms with van der Waals surface area (Å²) in [4.78, 5) is 20.5. The van der Waals surface area contributed by atoms with E-state index in [1.54, 1.807) is 6.20 Å². The van der Waals surface area contributed by atoms with Crippen molar-refractivity contribution in [1.29, 1.82) is 0 Å². The minimum absolute atomic E-state index is 0.166. The summed E-state index contributed by atoms with van der Waals surface area (Å²) in [5.74, 6) is 0.975. The molecule has 0 aromatic carbocycles. The Hall–Kier alpha value is -2.25. The van der Waals surface area contributed by atoms with Crippen molar-refractivity contribution < 1.29 is 9.53 Å². The van der Waals surface area contributed by atoms with Gasteiger partial charge in [0, 0.05) is 11.1 Å². The molecule has 5 N–H and O–H groups in total. The van der Waals surface area contributed by atoms with Crippen LogP contribution in [0.4, 0.5) is 22.2 Å². The predicted octanol–water partition coefficient (Wildman–Crippen LogP) is 2.98. The second kappa shape index (κ2) is 7.33. The highest BCUT2D eigenvalue weighted by Crippen LogP contribution is 2.20. The van der Waals surface area contributed by atoms with Gasteiger partial charge in [0.05, 0.1) is 18.4 Å². The lowest BCUT2D eigenvalue weighted by Gasteiger charge is -2.29. The van der Waals surface area contributed by atoms with Gasteiger partial charge < -0.3 is 26.4 Å². The van der Waals surface area contributed by atoms with E-state index in [1.807, 2.05) is 55.4 Å². The van der Waals surface area contributed by atoms with Gasteiger partial charge in [0.15, 0.2) is 5.82 Å². The van der Waals surface area contributed by atoms with Crippen LogP contribution in [0.5, 0.6) is 0 Å². The third-order valence-electron chi connectivity index (χ3n) is 2.83. The number of amides is 1. The molecule has 0 saturated heterocycles. The molecule has 0 fully saturated rings. The lowest BCUT2D eigenvalue weighted by molar-refractivity contribution is 0.0438. The quantitative estimate of drug-likeness (QED) is 0.644. The first-order valence-corrected chi connectivity index (χ1v) is 8.33. The van der Waals surface area contributed by atoms with E-state index in [4.69, 9.17) is 10.5 Å². The fourth-order valence-electron chi connectivity index (χ4n) is 1.84. The van der Waals surface area contributed by atoms with Gasteiger partial charge >= 0.3 is 6.09 Å². The van der Waals surface area contributed by atoms with Gasteiger partial charge in [0.2, 0.25) is 5.95 Å². The molecule has 1 aromatic heterocycles. The molecular formula is C17H32N6O2. The fraction of sp³-hybridized carbons (Fsp3) is 0.706. The highest BCUT2D eigenvalue weighted by molar-refractivity contribution is 5.68. The summed E-state index contributed by atoms with van der Waals surface area (Å²) in [5, 5.41) is 9.09. The Balaban J connectivity index is 2.72. The van der Waals surface area contributed by atoms with E-state index in [2.05, 4.69) is 25.9 Å². The molecule has 0 saturated carbocycles. The molecule has 8 heteroatoms. The number of ether oxygens (including phenoxy) is 1. The predicted molar refractivity (Wildman–Crippen MR) is 102 cm³/mol. The number of nitrogen functional groups attached to an aromatic ring is 1. The summed E-state index contributed by atoms with van der Waals surface area (Å²) in [6.07, 6.45) is 1.08. The number of hydrogen-bond acceptors (Lipinski definition) is 7. The Morgan fingerprint density at radius 1 is 1.12 bits per heavy atom. The molecule has 0 spiro atoms. The van der Waals surface area contributed by atoms with E-state index < -0.39 is 11.7 Å². The van der Waals surface area contributed by atoms with Crippen LogP contribution in [0.3, 0.4) is 0 Å². The summed E-state index contributed by atoms with van der Waals surface area (Å²) in [6.45, 7) is 15.7. The molecule has 0 aliphatic rings. The molecule has 25 heavy (non-hydrogen) atoms. The second-order valence-electron chi connectivity index (χ2n) is 8.75. The lowest BCUT2D eigenvalue weighted by atomic mass is 10.1. The van der Waals surface area contributed by atoms with Crippen molar-refractivity contribution in [3.8, 4) is 0 Å². The number of carbonyl (C=O) groups is 1. The van der Waals surface area contributed by atoms with Crippen molar-refractivity contribution in [2.45, 2.75) is 72.1 Å². The summed E-state index contributed by atoms with van der Waals surface area (Å²) in [7, 11) is 0. The Morgan fingerprint density at radius 2 is 1.72 bits per heavy atom. The summed E-state index contributed by atoms with van der Waals surface area (Å²) in [5.41, 5.74) is 5.09. The zero-order chi connectivity index (χ0) is 19.5. The van der Waals surface area contributed by atoms with Crippen molar-refractivity contribution in [3.63, 3.8) is 0 Å². The van der Waals surface area contributed by atoms with Crippen molar-refractivity contribution >= 4 is 23.5 Å². The molecule has 8 nitrogen and oxygen atoms in total. The molecule has 0 aliphatic carbocycles. The third kappa shape index (κ3) is 8.42. The first kappa shape index (κ1) is 20.8. The van der Waals surface area contributed by atoms with Gasteiger partial charge in [-0.3, -0.25) is 0 Å². The van der Waals surface area contributed by atoms with Crippen molar-refractivity contribution in [3.05, 3.63) is 6.20 Å². The van der Waals surface area contributed by atoms with E-state index in [9.17, 15) is 4.79 Å². The Bertz CT molecular complexity index is 602. The first-order valence-electron chi connectivity index (χ1n) is 8.33. The monoisotopic (exact) mass is 352 g/mol. The fourth-order valence-corrected chi connectivity index (χ4v) is 1.84. The highest BCUT2D eigenvalue weighted by Gasteiger charge is 2.25. The molecule has 0 atom stereocenters. The third-order valence-corrected chi connectivity index (χ3v) is 2.83. The minimum Gasteiger partial charge on any atom is -0.442 e. The highest BCUT2D eigenvalue weighted by atomic mass is 16.6. The maximum absolute atomic E-state index is 11.9. The van der Waals surface area contributed by atoms with Crippen LogP contribution in [0, 0.1) is 0 Å². The van der Waals surface area contributed by atoms with Crippen molar-refractivity contribution in [2.24, 2.45) is 0 Å². The summed E-state index contributed by atoms with van der Waals surface area (Å²) < 4.78 is 5.47. The second-order valence-corrected chi connectivity index (χ2v) is 8.75. The number of anilines is 3. The number of nitrogens with one attached hydrogen (secondary N) is 3. The molecular weight excluding hydrogens is 320 g/mol. The first-order chi connectivity index (χ1) is 11.2. The molecule has 0 radical (unpaired) electrons. The van der Waals surface area contributed by atoms with Crippen LogP contribution in [-0.2, 0) is 4.74 Å². The van der Waals surface area contributed by atoms with Crippen LogP contribution in [-0.4, -0.2) is 39.3 Å². The minimum atomic E-state index is -0.746. The van der Waals surface area contributed by atoms with E-state index in [1.165, 1.54) is 0 Å². The molecule has 0 aliphatic heterocycles. The van der Waals surface area contributed by atoms with Gasteiger partial charge in [0.1, 0.15) is 5.60 Å². The zero-order valence-electron chi connectivity index (χ0n) is 16.6. The number of hydrogen-bond donors (Lipinski definition) is 4. The Labute approximate surface area is 150 Å². The van der Waals surface area contributed by atoms with Crippen LogP contribution in [0.25, 0.3) is 0 Å². The normalized spacial score (nSPS) is 12.5. The van der Waals surface area contributed by atoms with E-state index in [0.717, 1.165) is 0 Å². The number of nitrogens with two attached hydrogens (primary N) is 1. The van der Waals surface area contributed by atoms with E-state index in [0.29, 0.717) is 24.0 Å². The van der Waals surface area contributed by atoms with E-state index >= 15 is 0 Å². The molecule has 0 bridgehead atoms.